The molecule has 0 radical (unpaired) electrons. The smallest absolute Gasteiger partial charge is 0.270 e. The van der Waals surface area contributed by atoms with Gasteiger partial charge >= 0.3 is 0 Å². The number of hydrogen-bond acceptors (Lipinski definition) is 11. The number of anilines is 2. The molecule has 1 amide bonds. The van der Waals surface area contributed by atoms with E-state index in [4.69, 9.17) is 14.9 Å². The van der Waals surface area contributed by atoms with Gasteiger partial charge in [-0.05, 0) is 24.6 Å². The van der Waals surface area contributed by atoms with Gasteiger partial charge < -0.3 is 34.9 Å². The first-order chi connectivity index (χ1) is 20.6. The van der Waals surface area contributed by atoms with Crippen molar-refractivity contribution in [3.63, 3.8) is 0 Å². The molecule has 5 rings (SSSR count). The number of aliphatic hydroxyl groups is 2. The molecule has 1 unspecified atom stereocenters. The number of amides is 1. The maximum absolute atomic E-state index is 12.3. The van der Waals surface area contributed by atoms with E-state index in [1.807, 2.05) is 45.2 Å². The van der Waals surface area contributed by atoms with Gasteiger partial charge in [-0.25, -0.2) is 9.97 Å². The monoisotopic (exact) mass is 602 g/mol. The van der Waals surface area contributed by atoms with Crippen molar-refractivity contribution < 1.29 is 24.5 Å². The highest BCUT2D eigenvalue weighted by Gasteiger charge is 2.35. The predicted molar refractivity (Wildman–Crippen MR) is 169 cm³/mol. The number of aromatic nitrogens is 3. The maximum Gasteiger partial charge on any atom is 0.270 e. The van der Waals surface area contributed by atoms with Gasteiger partial charge in [0.25, 0.3) is 5.91 Å². The van der Waals surface area contributed by atoms with Crippen LogP contribution in [-0.4, -0.2) is 83.9 Å². The Morgan fingerprint density at radius 3 is 2.60 bits per heavy atom. The third-order valence-corrected chi connectivity index (χ3v) is 6.79. The van der Waals surface area contributed by atoms with Crippen molar-refractivity contribution in [1.82, 2.24) is 20.3 Å². The Morgan fingerprint density at radius 1 is 1.17 bits per heavy atom. The molecule has 1 atom stereocenters. The van der Waals surface area contributed by atoms with E-state index in [0.29, 0.717) is 49.2 Å². The number of carbonyl (C=O) groups excluding carboxylic acids is 2. The van der Waals surface area contributed by atoms with Crippen LogP contribution in [0, 0.1) is 0 Å². The fraction of sp³-hybridized carbons (Fsp3) is 0.500. The Kier molecular flexibility index (Phi) is 18.3. The second kappa shape index (κ2) is 21.1. The van der Waals surface area contributed by atoms with Gasteiger partial charge in [0.05, 0.1) is 24.5 Å². The number of thiazole rings is 1. The van der Waals surface area contributed by atoms with Crippen LogP contribution >= 0.6 is 11.3 Å². The molecule has 0 aliphatic carbocycles. The molecule has 3 aromatic heterocycles. The Labute approximate surface area is 253 Å². The van der Waals surface area contributed by atoms with Crippen LogP contribution in [0.4, 0.5) is 11.5 Å². The first kappa shape index (κ1) is 36.4. The van der Waals surface area contributed by atoms with Crippen molar-refractivity contribution in [2.24, 2.45) is 0 Å². The molecule has 42 heavy (non-hydrogen) atoms. The summed E-state index contributed by atoms with van der Waals surface area (Å²) in [6.07, 6.45) is 6.20. The summed E-state index contributed by atoms with van der Waals surface area (Å²) in [6.45, 7) is 11.2. The van der Waals surface area contributed by atoms with Crippen LogP contribution in [0.25, 0.3) is 0 Å². The predicted octanol–water partition coefficient (Wildman–Crippen LogP) is 3.74. The van der Waals surface area contributed by atoms with Gasteiger partial charge in [-0.1, -0.05) is 27.7 Å². The van der Waals surface area contributed by atoms with E-state index in [1.54, 1.807) is 24.5 Å². The number of fused-ring (bicyclic) bond motifs is 4. The fourth-order valence-electron chi connectivity index (χ4n) is 4.11. The lowest BCUT2D eigenvalue weighted by Crippen LogP contribution is -2.40. The highest BCUT2D eigenvalue weighted by atomic mass is 32.1. The second-order valence-corrected chi connectivity index (χ2v) is 9.41. The molecular weight excluding hydrogens is 556 g/mol. The second-order valence-electron chi connectivity index (χ2n) is 8.43. The minimum Gasteiger partial charge on any atom is -0.493 e. The molecule has 5 heterocycles. The summed E-state index contributed by atoms with van der Waals surface area (Å²) in [5.74, 6) is 1.44. The van der Waals surface area contributed by atoms with Crippen molar-refractivity contribution >= 4 is 35.0 Å². The van der Waals surface area contributed by atoms with Gasteiger partial charge in [0.2, 0.25) is 0 Å². The highest BCUT2D eigenvalue weighted by Crippen LogP contribution is 2.37. The SMILES string of the molecule is CC.CC.CN1c2nc(C(=O)NCc3nccs3)ccc2N2CCC1C2.CO.O=CCc1cc(OCCCO)ccn1. The third-order valence-electron chi connectivity index (χ3n) is 6.01. The van der Waals surface area contributed by atoms with Gasteiger partial charge in [-0.2, -0.15) is 0 Å². The maximum atomic E-state index is 12.3. The summed E-state index contributed by atoms with van der Waals surface area (Å²) >= 11 is 1.53. The number of rotatable bonds is 9. The van der Waals surface area contributed by atoms with Crippen LogP contribution in [0.1, 0.15) is 61.7 Å². The lowest BCUT2D eigenvalue weighted by atomic mass is 10.2. The third kappa shape index (κ3) is 11.0. The van der Waals surface area contributed by atoms with Gasteiger partial charge in [0, 0.05) is 76.6 Å². The molecule has 232 valence electrons. The molecule has 0 saturated carbocycles. The summed E-state index contributed by atoms with van der Waals surface area (Å²) in [4.78, 5) is 39.8. The first-order valence-electron chi connectivity index (χ1n) is 14.3. The zero-order valence-electron chi connectivity index (χ0n) is 25.6. The summed E-state index contributed by atoms with van der Waals surface area (Å²) in [6, 6.07) is 7.78. The largest absolute Gasteiger partial charge is 0.493 e. The molecule has 3 aromatic rings. The number of pyridine rings is 2. The lowest BCUT2D eigenvalue weighted by Gasteiger charge is -2.34. The van der Waals surface area contributed by atoms with E-state index >= 15 is 0 Å². The summed E-state index contributed by atoms with van der Waals surface area (Å²) in [7, 11) is 3.07. The number of nitrogens with one attached hydrogen (secondary N) is 1. The van der Waals surface area contributed by atoms with Crippen molar-refractivity contribution in [3.8, 4) is 5.75 Å². The minimum absolute atomic E-state index is 0.117. The van der Waals surface area contributed by atoms with Crippen molar-refractivity contribution in [1.29, 1.82) is 0 Å². The van der Waals surface area contributed by atoms with E-state index in [1.165, 1.54) is 11.3 Å². The van der Waals surface area contributed by atoms with E-state index < -0.39 is 0 Å². The zero-order chi connectivity index (χ0) is 31.3. The molecule has 0 spiro atoms. The average Bonchev–Trinajstić information content (AvgIpc) is 3.74. The van der Waals surface area contributed by atoms with Crippen molar-refractivity contribution in [2.75, 3.05) is 50.3 Å². The molecule has 2 aliphatic heterocycles. The summed E-state index contributed by atoms with van der Waals surface area (Å²) < 4.78 is 5.32. The van der Waals surface area contributed by atoms with Gasteiger partial charge in [0.15, 0.2) is 5.82 Å². The Bertz CT molecular complexity index is 1160. The normalized spacial score (nSPS) is 13.8. The van der Waals surface area contributed by atoms with E-state index in [0.717, 1.165) is 49.4 Å². The van der Waals surface area contributed by atoms with Crippen LogP contribution in [-0.2, 0) is 17.8 Å². The summed E-state index contributed by atoms with van der Waals surface area (Å²) in [5, 5.41) is 21.2. The van der Waals surface area contributed by atoms with Crippen molar-refractivity contribution in [2.45, 2.75) is 59.5 Å². The molecule has 1 saturated heterocycles. The highest BCUT2D eigenvalue weighted by molar-refractivity contribution is 7.09. The van der Waals surface area contributed by atoms with Crippen LogP contribution in [0.15, 0.2) is 42.0 Å². The van der Waals surface area contributed by atoms with Crippen LogP contribution in [0.5, 0.6) is 5.75 Å². The molecule has 2 aliphatic rings. The fourth-order valence-corrected chi connectivity index (χ4v) is 4.66. The number of ether oxygens (including phenoxy) is 1. The zero-order valence-corrected chi connectivity index (χ0v) is 26.4. The minimum atomic E-state index is -0.153. The topological polar surface area (TPSA) is 141 Å². The molecular formula is C30H46N6O5S. The van der Waals surface area contributed by atoms with E-state index in [-0.39, 0.29) is 12.5 Å². The van der Waals surface area contributed by atoms with Crippen LogP contribution in [0.3, 0.4) is 0 Å². The van der Waals surface area contributed by atoms with Gasteiger partial charge in [-0.15, -0.1) is 11.3 Å². The number of aliphatic hydroxyl groups excluding tert-OH is 2. The number of likely N-dealkylation sites (N-methyl/N-ethyl adjacent to an activating group) is 1. The molecule has 11 nitrogen and oxygen atoms in total. The average molecular weight is 603 g/mol. The van der Waals surface area contributed by atoms with Gasteiger partial charge in [0.1, 0.15) is 22.7 Å². The first-order valence-corrected chi connectivity index (χ1v) is 15.2. The number of nitrogens with zero attached hydrogens (tertiary/aromatic N) is 5. The Morgan fingerprint density at radius 2 is 1.93 bits per heavy atom. The van der Waals surface area contributed by atoms with Crippen LogP contribution in [0.2, 0.25) is 0 Å². The quantitative estimate of drug-likeness (QED) is 0.245. The van der Waals surface area contributed by atoms with E-state index in [9.17, 15) is 9.59 Å². The molecule has 0 aromatic carbocycles. The Hall–Kier alpha value is -3.61. The summed E-state index contributed by atoms with van der Waals surface area (Å²) in [5.41, 5.74) is 2.29. The number of carbonyl (C=O) groups is 2. The lowest BCUT2D eigenvalue weighted by molar-refractivity contribution is -0.107. The number of aldehydes is 1. The molecule has 2 bridgehead atoms. The molecule has 3 N–H and O–H groups in total. The molecule has 1 fully saturated rings. The standard InChI is InChI=1S/C15H17N5OS.C10H13NO3.2C2H6.CH4O/c1-19-10-4-6-20(9-10)12-3-2-11(18-14(12)19)15(21)17-8-13-16-5-7-22-13;12-5-1-7-14-10-2-4-11-9(8-10)3-6-13;3*1-2/h2-3,5,7,10H,4,6,8-9H2,1H3,(H,17,21);2,4,6,8,12H,1,3,5,7H2;2*1-2H3;2H,1H3. The number of hydrogen-bond donors (Lipinski definition) is 3. The van der Waals surface area contributed by atoms with Gasteiger partial charge in [-0.3, -0.25) is 9.78 Å². The van der Waals surface area contributed by atoms with E-state index in [2.05, 4.69) is 37.1 Å². The molecule has 12 heteroatoms. The van der Waals surface area contributed by atoms with Crippen molar-refractivity contribution in [3.05, 3.63) is 58.4 Å². The van der Waals surface area contributed by atoms with Crippen LogP contribution < -0.4 is 19.9 Å². The Balaban J connectivity index is 0.000000383.